The third-order valence-corrected chi connectivity index (χ3v) is 3.44. The Labute approximate surface area is 104 Å². The predicted octanol–water partition coefficient (Wildman–Crippen LogP) is 1.89. The molecule has 0 aliphatic heterocycles. The molecule has 0 fully saturated rings. The summed E-state index contributed by atoms with van der Waals surface area (Å²) >= 11 is 1.60. The molecule has 0 aliphatic rings. The van der Waals surface area contributed by atoms with E-state index < -0.39 is 18.0 Å². The quantitative estimate of drug-likeness (QED) is 0.769. The van der Waals surface area contributed by atoms with Gasteiger partial charge in [0.05, 0.1) is 6.04 Å². The molecule has 1 heterocycles. The van der Waals surface area contributed by atoms with Gasteiger partial charge in [-0.1, -0.05) is 0 Å². The molecule has 17 heavy (non-hydrogen) atoms. The minimum Gasteiger partial charge on any atom is -0.480 e. The van der Waals surface area contributed by atoms with Crippen molar-refractivity contribution in [3.05, 3.63) is 21.9 Å². The third-order valence-electron chi connectivity index (χ3n) is 2.25. The van der Waals surface area contributed by atoms with Crippen LogP contribution in [-0.4, -0.2) is 23.1 Å². The van der Waals surface area contributed by atoms with Gasteiger partial charge in [-0.05, 0) is 32.9 Å². The normalized spacial score (nSPS) is 13.8. The Morgan fingerprint density at radius 3 is 2.41 bits per heavy atom. The van der Waals surface area contributed by atoms with E-state index in [9.17, 15) is 9.59 Å². The minimum absolute atomic E-state index is 0.130. The van der Waals surface area contributed by atoms with Gasteiger partial charge in [-0.25, -0.2) is 4.79 Å². The van der Waals surface area contributed by atoms with E-state index in [0.29, 0.717) is 0 Å². The van der Waals surface area contributed by atoms with Crippen molar-refractivity contribution in [1.29, 1.82) is 0 Å². The highest BCUT2D eigenvalue weighted by molar-refractivity contribution is 7.12. The van der Waals surface area contributed by atoms with Gasteiger partial charge >= 0.3 is 12.0 Å². The van der Waals surface area contributed by atoms with Gasteiger partial charge in [0.15, 0.2) is 0 Å². The summed E-state index contributed by atoms with van der Waals surface area (Å²) in [5.41, 5.74) is 0. The van der Waals surface area contributed by atoms with Crippen LogP contribution in [0.5, 0.6) is 0 Å². The van der Waals surface area contributed by atoms with E-state index >= 15 is 0 Å². The third kappa shape index (κ3) is 4.07. The highest BCUT2D eigenvalue weighted by atomic mass is 32.1. The summed E-state index contributed by atoms with van der Waals surface area (Å²) in [7, 11) is 0. The predicted molar refractivity (Wildman–Crippen MR) is 66.2 cm³/mol. The fourth-order valence-corrected chi connectivity index (χ4v) is 2.13. The number of carboxylic acid groups (broad SMARTS) is 1. The first kappa shape index (κ1) is 13.5. The van der Waals surface area contributed by atoms with E-state index in [1.54, 1.807) is 11.3 Å². The Kier molecular flexibility index (Phi) is 4.51. The zero-order chi connectivity index (χ0) is 13.0. The average Bonchev–Trinajstić information content (AvgIpc) is 2.64. The number of urea groups is 1. The number of aryl methyl sites for hydroxylation is 1. The number of carbonyl (C=O) groups is 2. The average molecular weight is 256 g/mol. The Hall–Kier alpha value is -1.56. The van der Waals surface area contributed by atoms with Crippen molar-refractivity contribution in [2.75, 3.05) is 0 Å². The van der Waals surface area contributed by atoms with Crippen LogP contribution in [0, 0.1) is 6.92 Å². The maximum absolute atomic E-state index is 11.5. The Balaban J connectivity index is 2.49. The number of carboxylic acids is 1. The van der Waals surface area contributed by atoms with Crippen LogP contribution in [0.1, 0.15) is 29.6 Å². The van der Waals surface area contributed by atoms with Crippen LogP contribution in [0.3, 0.4) is 0 Å². The lowest BCUT2D eigenvalue weighted by molar-refractivity contribution is -0.138. The highest BCUT2D eigenvalue weighted by Crippen LogP contribution is 2.21. The summed E-state index contributed by atoms with van der Waals surface area (Å²) in [6.45, 7) is 5.27. The van der Waals surface area contributed by atoms with E-state index in [0.717, 1.165) is 4.88 Å². The van der Waals surface area contributed by atoms with Crippen LogP contribution in [0.4, 0.5) is 4.79 Å². The summed E-state index contributed by atoms with van der Waals surface area (Å²) < 4.78 is 0. The zero-order valence-electron chi connectivity index (χ0n) is 9.98. The number of amides is 2. The van der Waals surface area contributed by atoms with Gasteiger partial charge in [0.2, 0.25) is 0 Å². The molecule has 0 saturated carbocycles. The molecule has 94 valence electrons. The first-order valence-electron chi connectivity index (χ1n) is 5.26. The molecule has 1 aromatic heterocycles. The van der Waals surface area contributed by atoms with Crippen molar-refractivity contribution in [2.24, 2.45) is 0 Å². The molecule has 5 nitrogen and oxygen atoms in total. The van der Waals surface area contributed by atoms with Gasteiger partial charge < -0.3 is 15.7 Å². The highest BCUT2D eigenvalue weighted by Gasteiger charge is 2.16. The first-order valence-corrected chi connectivity index (χ1v) is 6.08. The van der Waals surface area contributed by atoms with Gasteiger partial charge in [-0.3, -0.25) is 4.79 Å². The number of carbonyl (C=O) groups excluding carboxylic acids is 1. The molecular formula is C11H16N2O3S. The molecule has 1 rings (SSSR count). The number of aliphatic carboxylic acids is 1. The number of hydrogen-bond acceptors (Lipinski definition) is 3. The van der Waals surface area contributed by atoms with Crippen molar-refractivity contribution in [2.45, 2.75) is 32.9 Å². The molecule has 3 N–H and O–H groups in total. The molecule has 2 atom stereocenters. The van der Waals surface area contributed by atoms with Gasteiger partial charge in [-0.2, -0.15) is 0 Å². The van der Waals surface area contributed by atoms with E-state index in [1.807, 2.05) is 26.0 Å². The summed E-state index contributed by atoms with van der Waals surface area (Å²) in [6, 6.07) is 2.43. The van der Waals surface area contributed by atoms with E-state index in [1.165, 1.54) is 11.8 Å². The molecule has 2 amide bonds. The molecule has 1 aromatic rings. The van der Waals surface area contributed by atoms with Gasteiger partial charge in [0.25, 0.3) is 0 Å². The first-order chi connectivity index (χ1) is 7.90. The van der Waals surface area contributed by atoms with Gasteiger partial charge in [0.1, 0.15) is 6.04 Å². The maximum Gasteiger partial charge on any atom is 0.325 e. The molecule has 0 bridgehead atoms. The topological polar surface area (TPSA) is 78.4 Å². The van der Waals surface area contributed by atoms with Crippen LogP contribution in [0.2, 0.25) is 0 Å². The lowest BCUT2D eigenvalue weighted by atomic mass is 10.3. The molecule has 6 heteroatoms. The van der Waals surface area contributed by atoms with Gasteiger partial charge in [-0.15, -0.1) is 11.3 Å². The van der Waals surface area contributed by atoms with Crippen molar-refractivity contribution in [1.82, 2.24) is 10.6 Å². The van der Waals surface area contributed by atoms with E-state index in [-0.39, 0.29) is 6.04 Å². The van der Waals surface area contributed by atoms with E-state index in [2.05, 4.69) is 10.6 Å². The van der Waals surface area contributed by atoms with Crippen LogP contribution in [0.25, 0.3) is 0 Å². The molecule has 1 unspecified atom stereocenters. The maximum atomic E-state index is 11.5. The Morgan fingerprint density at radius 2 is 1.94 bits per heavy atom. The molecule has 0 aromatic carbocycles. The lowest BCUT2D eigenvalue weighted by Crippen LogP contribution is -2.44. The Bertz CT molecular complexity index is 417. The van der Waals surface area contributed by atoms with Crippen molar-refractivity contribution in [3.8, 4) is 0 Å². The fourth-order valence-electron chi connectivity index (χ4n) is 1.25. The summed E-state index contributed by atoms with van der Waals surface area (Å²) in [6.07, 6.45) is 0. The van der Waals surface area contributed by atoms with Crippen molar-refractivity contribution < 1.29 is 14.7 Å². The van der Waals surface area contributed by atoms with Crippen LogP contribution in [-0.2, 0) is 4.79 Å². The second kappa shape index (κ2) is 5.67. The van der Waals surface area contributed by atoms with Crippen LogP contribution >= 0.6 is 11.3 Å². The zero-order valence-corrected chi connectivity index (χ0v) is 10.8. The Morgan fingerprint density at radius 1 is 1.29 bits per heavy atom. The molecule has 0 spiro atoms. The number of hydrogen-bond donors (Lipinski definition) is 3. The second-order valence-electron chi connectivity index (χ2n) is 3.85. The van der Waals surface area contributed by atoms with E-state index in [4.69, 9.17) is 5.11 Å². The SMILES string of the molecule is Cc1ccc(C(C)NC(=O)N[C@@H](C)C(=O)O)s1. The van der Waals surface area contributed by atoms with Crippen molar-refractivity contribution >= 4 is 23.3 Å². The fraction of sp³-hybridized carbons (Fsp3) is 0.455. The molecular weight excluding hydrogens is 240 g/mol. The monoisotopic (exact) mass is 256 g/mol. The summed E-state index contributed by atoms with van der Waals surface area (Å²) in [4.78, 5) is 24.2. The minimum atomic E-state index is -1.06. The van der Waals surface area contributed by atoms with Crippen LogP contribution in [0.15, 0.2) is 12.1 Å². The lowest BCUT2D eigenvalue weighted by Gasteiger charge is -2.15. The molecule has 0 radical (unpaired) electrons. The molecule has 0 saturated heterocycles. The smallest absolute Gasteiger partial charge is 0.325 e. The van der Waals surface area contributed by atoms with Crippen molar-refractivity contribution in [3.63, 3.8) is 0 Å². The van der Waals surface area contributed by atoms with Crippen LogP contribution < -0.4 is 10.6 Å². The number of rotatable bonds is 4. The number of thiophene rings is 1. The number of nitrogens with one attached hydrogen (secondary N) is 2. The summed E-state index contributed by atoms with van der Waals surface area (Å²) in [5.74, 6) is -1.06. The summed E-state index contributed by atoms with van der Waals surface area (Å²) in [5, 5.41) is 13.7. The molecule has 0 aliphatic carbocycles. The second-order valence-corrected chi connectivity index (χ2v) is 5.17. The van der Waals surface area contributed by atoms with Gasteiger partial charge in [0, 0.05) is 9.75 Å². The standard InChI is InChI=1S/C11H16N2O3S/c1-6-4-5-9(17-6)7(2)12-11(16)13-8(3)10(14)15/h4-5,7-8H,1-3H3,(H,14,15)(H2,12,13,16)/t7?,8-/m0/s1. The largest absolute Gasteiger partial charge is 0.480 e.